The Morgan fingerprint density at radius 3 is 3.07 bits per heavy atom. The topological polar surface area (TPSA) is 38.3 Å². The van der Waals surface area contributed by atoms with Crippen molar-refractivity contribution in [3.05, 3.63) is 29.3 Å². The molecule has 0 aromatic heterocycles. The molecule has 1 aliphatic heterocycles. The molecule has 2 rings (SSSR count). The van der Waals surface area contributed by atoms with Gasteiger partial charge >= 0.3 is 5.97 Å². The molecule has 1 unspecified atom stereocenters. The molecule has 1 aromatic rings. The van der Waals surface area contributed by atoms with Crippen LogP contribution < -0.4 is 5.32 Å². The summed E-state index contributed by atoms with van der Waals surface area (Å²) in [4.78, 5) is 11.3. The molecule has 1 atom stereocenters. The summed E-state index contributed by atoms with van der Waals surface area (Å²) in [6.45, 7) is 2.15. The molecule has 0 saturated heterocycles. The predicted octanol–water partition coefficient (Wildman–Crippen LogP) is 2.22. The van der Waals surface area contributed by atoms with E-state index >= 15 is 0 Å². The highest BCUT2D eigenvalue weighted by molar-refractivity contribution is 5.90. The van der Waals surface area contributed by atoms with Crippen LogP contribution in [0.3, 0.4) is 0 Å². The second-order valence-electron chi connectivity index (χ2n) is 3.95. The van der Waals surface area contributed by atoms with Gasteiger partial charge in [0.2, 0.25) is 0 Å². The number of fused-ring (bicyclic) bond motifs is 1. The van der Waals surface area contributed by atoms with E-state index in [9.17, 15) is 4.79 Å². The lowest BCUT2D eigenvalue weighted by molar-refractivity contribution is 0.0601. The molecule has 3 nitrogen and oxygen atoms in total. The van der Waals surface area contributed by atoms with E-state index in [4.69, 9.17) is 0 Å². The predicted molar refractivity (Wildman–Crippen MR) is 59.2 cm³/mol. The molecule has 1 N–H and O–H groups in total. The number of methoxy groups -OCH3 is 1. The van der Waals surface area contributed by atoms with Gasteiger partial charge in [0.1, 0.15) is 0 Å². The van der Waals surface area contributed by atoms with Gasteiger partial charge in [-0.05, 0) is 37.5 Å². The van der Waals surface area contributed by atoms with Crippen LogP contribution in [-0.2, 0) is 11.2 Å². The van der Waals surface area contributed by atoms with E-state index in [0.29, 0.717) is 11.6 Å². The van der Waals surface area contributed by atoms with Crippen LogP contribution in [-0.4, -0.2) is 19.1 Å². The molecule has 1 aliphatic rings. The maximum absolute atomic E-state index is 11.3. The number of ether oxygens (including phenoxy) is 1. The largest absolute Gasteiger partial charge is 0.465 e. The Morgan fingerprint density at radius 1 is 1.53 bits per heavy atom. The van der Waals surface area contributed by atoms with E-state index < -0.39 is 0 Å². The molecule has 1 heterocycles. The van der Waals surface area contributed by atoms with E-state index in [-0.39, 0.29) is 5.97 Å². The molecule has 0 saturated carbocycles. The molecule has 15 heavy (non-hydrogen) atoms. The van der Waals surface area contributed by atoms with Gasteiger partial charge in [-0.3, -0.25) is 0 Å². The van der Waals surface area contributed by atoms with Crippen LogP contribution in [0.15, 0.2) is 18.2 Å². The number of hydrogen-bond donors (Lipinski definition) is 1. The Balaban J connectivity index is 2.32. The van der Waals surface area contributed by atoms with Crippen LogP contribution in [0.2, 0.25) is 0 Å². The Kier molecular flexibility index (Phi) is 2.62. The molecule has 1 aromatic carbocycles. The van der Waals surface area contributed by atoms with E-state index in [1.54, 1.807) is 0 Å². The Morgan fingerprint density at radius 2 is 2.33 bits per heavy atom. The van der Waals surface area contributed by atoms with Gasteiger partial charge in [0.05, 0.1) is 12.7 Å². The van der Waals surface area contributed by atoms with E-state index in [1.807, 2.05) is 18.2 Å². The summed E-state index contributed by atoms with van der Waals surface area (Å²) in [6, 6.07) is 6.17. The second kappa shape index (κ2) is 3.93. The average molecular weight is 205 g/mol. The standard InChI is InChI=1S/C12H15NO2/c1-8-3-4-9-5-6-10(12(14)15-2)7-11(9)13-8/h5-8,13H,3-4H2,1-2H3. The number of esters is 1. The zero-order valence-corrected chi connectivity index (χ0v) is 9.04. The number of anilines is 1. The normalized spacial score (nSPS) is 18.9. The third-order valence-electron chi connectivity index (χ3n) is 2.78. The third kappa shape index (κ3) is 1.96. The van der Waals surface area contributed by atoms with Crippen LogP contribution in [0.25, 0.3) is 0 Å². The van der Waals surface area contributed by atoms with Crippen LogP contribution in [0.5, 0.6) is 0 Å². The van der Waals surface area contributed by atoms with Crippen LogP contribution in [0, 0.1) is 0 Å². The molecule has 0 amide bonds. The van der Waals surface area contributed by atoms with Crippen molar-refractivity contribution in [3.8, 4) is 0 Å². The number of benzene rings is 1. The molecule has 0 radical (unpaired) electrons. The fourth-order valence-electron chi connectivity index (χ4n) is 1.88. The Hall–Kier alpha value is -1.51. The van der Waals surface area contributed by atoms with Gasteiger partial charge in [-0.15, -0.1) is 0 Å². The summed E-state index contributed by atoms with van der Waals surface area (Å²) < 4.78 is 4.69. The van der Waals surface area contributed by atoms with Gasteiger partial charge < -0.3 is 10.1 Å². The summed E-state index contributed by atoms with van der Waals surface area (Å²) in [5.41, 5.74) is 2.95. The minimum atomic E-state index is -0.280. The lowest BCUT2D eigenvalue weighted by atomic mass is 9.97. The zero-order valence-electron chi connectivity index (χ0n) is 9.04. The second-order valence-corrected chi connectivity index (χ2v) is 3.95. The molecule has 0 spiro atoms. The number of hydrogen-bond acceptors (Lipinski definition) is 3. The monoisotopic (exact) mass is 205 g/mol. The SMILES string of the molecule is COC(=O)c1ccc2c(c1)NC(C)CC2. The highest BCUT2D eigenvalue weighted by Gasteiger charge is 2.15. The minimum Gasteiger partial charge on any atom is -0.465 e. The molecule has 80 valence electrons. The first kappa shape index (κ1) is 10.0. The van der Waals surface area contributed by atoms with Gasteiger partial charge in [0.15, 0.2) is 0 Å². The molecular weight excluding hydrogens is 190 g/mol. The lowest BCUT2D eigenvalue weighted by Crippen LogP contribution is -2.22. The van der Waals surface area contributed by atoms with Crippen molar-refractivity contribution in [1.29, 1.82) is 0 Å². The molecule has 0 bridgehead atoms. The van der Waals surface area contributed by atoms with Crippen molar-refractivity contribution >= 4 is 11.7 Å². The summed E-state index contributed by atoms with van der Waals surface area (Å²) >= 11 is 0. The highest BCUT2D eigenvalue weighted by Crippen LogP contribution is 2.25. The first-order valence-corrected chi connectivity index (χ1v) is 5.18. The van der Waals surface area contributed by atoms with Crippen LogP contribution >= 0.6 is 0 Å². The first-order chi connectivity index (χ1) is 7.20. The molecule has 0 fully saturated rings. The third-order valence-corrected chi connectivity index (χ3v) is 2.78. The fourth-order valence-corrected chi connectivity index (χ4v) is 1.88. The van der Waals surface area contributed by atoms with Crippen LogP contribution in [0.4, 0.5) is 5.69 Å². The maximum Gasteiger partial charge on any atom is 0.337 e. The number of carbonyl (C=O) groups excluding carboxylic acids is 1. The average Bonchev–Trinajstić information content (AvgIpc) is 2.27. The quantitative estimate of drug-likeness (QED) is 0.714. The zero-order chi connectivity index (χ0) is 10.8. The highest BCUT2D eigenvalue weighted by atomic mass is 16.5. The van der Waals surface area contributed by atoms with Crippen molar-refractivity contribution in [2.45, 2.75) is 25.8 Å². The van der Waals surface area contributed by atoms with Crippen molar-refractivity contribution < 1.29 is 9.53 Å². The van der Waals surface area contributed by atoms with E-state index in [1.165, 1.54) is 12.7 Å². The smallest absolute Gasteiger partial charge is 0.337 e. The lowest BCUT2D eigenvalue weighted by Gasteiger charge is -2.24. The van der Waals surface area contributed by atoms with E-state index in [2.05, 4.69) is 17.0 Å². The van der Waals surface area contributed by atoms with Crippen LogP contribution in [0.1, 0.15) is 29.3 Å². The van der Waals surface area contributed by atoms with Crippen molar-refractivity contribution in [2.24, 2.45) is 0 Å². The summed E-state index contributed by atoms with van der Waals surface area (Å²) in [5.74, 6) is -0.280. The summed E-state index contributed by atoms with van der Waals surface area (Å²) in [7, 11) is 1.40. The van der Waals surface area contributed by atoms with Gasteiger partial charge in [0.25, 0.3) is 0 Å². The number of carbonyl (C=O) groups is 1. The van der Waals surface area contributed by atoms with Gasteiger partial charge in [-0.25, -0.2) is 4.79 Å². The maximum atomic E-state index is 11.3. The Bertz CT molecular complexity index is 387. The number of rotatable bonds is 1. The van der Waals surface area contributed by atoms with Crippen molar-refractivity contribution in [3.63, 3.8) is 0 Å². The molecular formula is C12H15NO2. The van der Waals surface area contributed by atoms with Gasteiger partial charge in [-0.2, -0.15) is 0 Å². The number of aryl methyl sites for hydroxylation is 1. The van der Waals surface area contributed by atoms with Crippen molar-refractivity contribution in [1.82, 2.24) is 0 Å². The molecule has 0 aliphatic carbocycles. The summed E-state index contributed by atoms with van der Waals surface area (Å²) in [5, 5.41) is 3.37. The summed E-state index contributed by atoms with van der Waals surface area (Å²) in [6.07, 6.45) is 2.22. The van der Waals surface area contributed by atoms with Gasteiger partial charge in [-0.1, -0.05) is 6.07 Å². The minimum absolute atomic E-state index is 0.280. The van der Waals surface area contributed by atoms with Gasteiger partial charge in [0, 0.05) is 11.7 Å². The Labute approximate surface area is 89.4 Å². The van der Waals surface area contributed by atoms with E-state index in [0.717, 1.165) is 18.5 Å². The van der Waals surface area contributed by atoms with Crippen molar-refractivity contribution in [2.75, 3.05) is 12.4 Å². The number of nitrogens with one attached hydrogen (secondary N) is 1. The molecule has 3 heteroatoms. The first-order valence-electron chi connectivity index (χ1n) is 5.18. The fraction of sp³-hybridized carbons (Fsp3) is 0.417.